The maximum Gasteiger partial charge on any atom is 0.322 e. The molecule has 2 aliphatic heterocycles. The molecule has 3 aliphatic rings. The van der Waals surface area contributed by atoms with Gasteiger partial charge in [-0.05, 0) is 23.9 Å². The first-order valence-corrected chi connectivity index (χ1v) is 19.3. The third-order valence-corrected chi connectivity index (χ3v) is 10.4. The third kappa shape index (κ3) is 6.49. The van der Waals surface area contributed by atoms with Crippen molar-refractivity contribution in [2.24, 2.45) is 5.92 Å². The molecular formula is C31H31F2N10O10PS. The number of amides is 2. The van der Waals surface area contributed by atoms with Crippen LogP contribution in [0.15, 0.2) is 54.1 Å². The first kappa shape index (κ1) is 37.2. The molecule has 3 fully saturated rings. The van der Waals surface area contributed by atoms with Gasteiger partial charge in [-0.2, -0.15) is 4.98 Å². The highest BCUT2D eigenvalue weighted by Crippen LogP contribution is 2.60. The van der Waals surface area contributed by atoms with E-state index in [9.17, 15) is 38.8 Å². The van der Waals surface area contributed by atoms with Crippen LogP contribution in [0.2, 0.25) is 0 Å². The highest BCUT2D eigenvalue weighted by atomic mass is 32.5. The number of hydrogen-bond donors (Lipinski definition) is 6. The summed E-state index contributed by atoms with van der Waals surface area (Å²) in [6.45, 7) is -3.59. The standard InChI is InChI=1S/C31H31F2N10O10PS/c1-13(26(45)39-30-38-25-19(27(46)40-30)37-11-42(25)17-7-15(32)16(9-44)51-17)8-41(28(47)14-5-3-2-4-6-14)23-18-24(35-10-34-23)43(12-36-18)29-20(33)31(48)21(52-29)22(31)53-54(49,50)55/h2-6,10-13,15-17,20-22,29,44,48H,7-9H2,1H3,(H2,49,50,55)(H2,38,39,40,45,46)/t13?,15-,16+,17+,20-,21+,22?,29+,31-/m0/s1. The molecule has 1 aliphatic carbocycles. The number of aromatic nitrogens is 8. The van der Waals surface area contributed by atoms with Gasteiger partial charge >= 0.3 is 6.72 Å². The number of imidazole rings is 2. The van der Waals surface area contributed by atoms with Gasteiger partial charge in [-0.15, -0.1) is 0 Å². The third-order valence-electron chi connectivity index (χ3n) is 9.67. The molecule has 5 aromatic rings. The Balaban J connectivity index is 1.06. The minimum Gasteiger partial charge on any atom is -0.394 e. The Hall–Kier alpha value is -4.71. The van der Waals surface area contributed by atoms with Gasteiger partial charge in [0.1, 0.15) is 37.0 Å². The van der Waals surface area contributed by atoms with Gasteiger partial charge in [0.05, 0.1) is 25.2 Å². The summed E-state index contributed by atoms with van der Waals surface area (Å²) in [6, 6.07) is 8.09. The number of ether oxygens (including phenoxy) is 2. The molecular weight excluding hydrogens is 773 g/mol. The van der Waals surface area contributed by atoms with E-state index in [2.05, 4.69) is 47.0 Å². The largest absolute Gasteiger partial charge is 0.394 e. The summed E-state index contributed by atoms with van der Waals surface area (Å²) < 4.78 is 48.7. The average molecular weight is 805 g/mol. The number of anilines is 2. The van der Waals surface area contributed by atoms with Crippen molar-refractivity contribution in [3.63, 3.8) is 0 Å². The number of aliphatic hydroxyl groups is 2. The van der Waals surface area contributed by atoms with Gasteiger partial charge in [-0.3, -0.25) is 43.2 Å². The summed E-state index contributed by atoms with van der Waals surface area (Å²) in [5, 5.41) is 22.8. The van der Waals surface area contributed by atoms with Crippen molar-refractivity contribution in [1.29, 1.82) is 0 Å². The molecule has 0 radical (unpaired) electrons. The molecule has 8 rings (SSSR count). The van der Waals surface area contributed by atoms with Crippen LogP contribution in [-0.4, -0.2) is 120 Å². The number of alkyl halides is 2. The quantitative estimate of drug-likeness (QED) is 0.0986. The number of carbonyl (C=O) groups excluding carboxylic acids is 2. The molecule has 2 saturated heterocycles. The Morgan fingerprint density at radius 3 is 2.53 bits per heavy atom. The van der Waals surface area contributed by atoms with Crippen LogP contribution >= 0.6 is 6.72 Å². The van der Waals surface area contributed by atoms with E-state index in [-0.39, 0.29) is 52.6 Å². The van der Waals surface area contributed by atoms with Crippen molar-refractivity contribution in [2.45, 2.75) is 62.1 Å². The molecule has 4 aromatic heterocycles. The van der Waals surface area contributed by atoms with Crippen molar-refractivity contribution in [1.82, 2.24) is 39.0 Å². The zero-order chi connectivity index (χ0) is 39.0. The molecule has 0 bridgehead atoms. The lowest BCUT2D eigenvalue weighted by Crippen LogP contribution is -2.39. The van der Waals surface area contributed by atoms with Crippen LogP contribution in [0.5, 0.6) is 0 Å². The summed E-state index contributed by atoms with van der Waals surface area (Å²) in [4.78, 5) is 84.4. The van der Waals surface area contributed by atoms with Crippen molar-refractivity contribution < 1.29 is 52.4 Å². The fraction of sp³-hybridized carbons (Fsp3) is 0.419. The monoisotopic (exact) mass is 804 g/mol. The van der Waals surface area contributed by atoms with Crippen LogP contribution in [-0.2, 0) is 30.6 Å². The number of halogens is 2. The van der Waals surface area contributed by atoms with E-state index in [1.807, 2.05) is 0 Å². The highest BCUT2D eigenvalue weighted by molar-refractivity contribution is 8.06. The van der Waals surface area contributed by atoms with Crippen molar-refractivity contribution in [3.05, 3.63) is 65.2 Å². The molecule has 1 aromatic carbocycles. The number of benzene rings is 1. The number of hydrogen-bond acceptors (Lipinski definition) is 14. The lowest BCUT2D eigenvalue weighted by Gasteiger charge is -2.25. The summed E-state index contributed by atoms with van der Waals surface area (Å²) in [7, 11) is 0. The number of nitrogens with zero attached hydrogens (tertiary/aromatic N) is 8. The minimum absolute atomic E-state index is 0.000241. The van der Waals surface area contributed by atoms with Gasteiger partial charge in [0, 0.05) is 18.5 Å². The highest BCUT2D eigenvalue weighted by Gasteiger charge is 2.79. The van der Waals surface area contributed by atoms with Gasteiger partial charge in [-0.25, -0.2) is 28.7 Å². The summed E-state index contributed by atoms with van der Waals surface area (Å²) in [5.74, 6) is -2.60. The molecule has 6 heterocycles. The van der Waals surface area contributed by atoms with E-state index >= 15 is 4.39 Å². The maximum atomic E-state index is 15.7. The molecule has 0 spiro atoms. The molecule has 6 N–H and O–H groups in total. The first-order chi connectivity index (χ1) is 26.2. The SMILES string of the molecule is CC(CN(C(=O)c1ccccc1)c1ncnc2c1ncn2[C@@H]1O[C@@H]2C(OP(O)(O)=S)[C@]2(O)[C@H]1F)C(=O)Nc1nc2c(ncn2[C@H]2C[C@H](F)[C@@H](CO)O2)c(=O)[nH]1. The van der Waals surface area contributed by atoms with Gasteiger partial charge in [-0.1, -0.05) is 25.1 Å². The van der Waals surface area contributed by atoms with Crippen LogP contribution in [0, 0.1) is 5.92 Å². The first-order valence-electron chi connectivity index (χ1n) is 16.7. The maximum absolute atomic E-state index is 15.7. The van der Waals surface area contributed by atoms with Crippen molar-refractivity contribution in [2.75, 3.05) is 23.4 Å². The fourth-order valence-corrected chi connectivity index (χ4v) is 7.66. The average Bonchev–Trinajstić information content (AvgIpc) is 3.72. The van der Waals surface area contributed by atoms with Gasteiger partial charge in [0.2, 0.25) is 11.9 Å². The summed E-state index contributed by atoms with van der Waals surface area (Å²) >= 11 is 4.45. The number of aliphatic hydroxyl groups excluding tert-OH is 1. The number of H-pyrrole nitrogens is 1. The second-order valence-electron chi connectivity index (χ2n) is 13.2. The fourth-order valence-electron chi connectivity index (χ4n) is 6.81. The van der Waals surface area contributed by atoms with Crippen LogP contribution in [0.4, 0.5) is 20.5 Å². The minimum atomic E-state index is -4.24. The Bertz CT molecular complexity index is 2420. The molecule has 2 amide bonds. The predicted octanol–water partition coefficient (Wildman–Crippen LogP) is 0.373. The topological polar surface area (TPSA) is 265 Å². The molecule has 24 heteroatoms. The van der Waals surface area contributed by atoms with E-state index in [1.54, 1.807) is 30.3 Å². The number of rotatable bonds is 11. The zero-order valence-corrected chi connectivity index (χ0v) is 30.0. The summed E-state index contributed by atoms with van der Waals surface area (Å²) in [6.07, 6.45) is -6.38. The van der Waals surface area contributed by atoms with Gasteiger partial charge in [0.15, 0.2) is 46.1 Å². The second-order valence-corrected chi connectivity index (χ2v) is 15.9. The number of fused-ring (bicyclic) bond motifs is 3. The van der Waals surface area contributed by atoms with E-state index in [1.165, 1.54) is 33.6 Å². The van der Waals surface area contributed by atoms with Crippen LogP contribution in [0.25, 0.3) is 22.3 Å². The van der Waals surface area contributed by atoms with Crippen LogP contribution in [0.3, 0.4) is 0 Å². The van der Waals surface area contributed by atoms with Gasteiger partial charge in [0.25, 0.3) is 11.5 Å². The van der Waals surface area contributed by atoms with E-state index in [4.69, 9.17) is 14.0 Å². The number of nitrogens with one attached hydrogen (secondary N) is 2. The van der Waals surface area contributed by atoms with E-state index in [0.29, 0.717) is 0 Å². The molecule has 9 atom stereocenters. The van der Waals surface area contributed by atoms with Gasteiger partial charge < -0.3 is 29.5 Å². The van der Waals surface area contributed by atoms with E-state index < -0.39 is 85.3 Å². The van der Waals surface area contributed by atoms with E-state index in [0.717, 1.165) is 6.33 Å². The predicted molar refractivity (Wildman–Crippen MR) is 187 cm³/mol. The Kier molecular flexibility index (Phi) is 9.33. The molecule has 2 unspecified atom stereocenters. The van der Waals surface area contributed by atoms with Crippen LogP contribution < -0.4 is 15.8 Å². The Morgan fingerprint density at radius 1 is 1.13 bits per heavy atom. The van der Waals surface area contributed by atoms with Crippen molar-refractivity contribution >= 4 is 64.4 Å². The number of carbonyl (C=O) groups is 2. The lowest BCUT2D eigenvalue weighted by atomic mass is 10.1. The number of aromatic amines is 1. The molecule has 55 heavy (non-hydrogen) atoms. The Labute approximate surface area is 312 Å². The smallest absolute Gasteiger partial charge is 0.322 e. The Morgan fingerprint density at radius 2 is 1.85 bits per heavy atom. The lowest BCUT2D eigenvalue weighted by molar-refractivity contribution is -0.119. The normalized spacial score (nSPS) is 28.0. The van der Waals surface area contributed by atoms with Crippen LogP contribution in [0.1, 0.15) is 36.2 Å². The molecule has 290 valence electrons. The summed E-state index contributed by atoms with van der Waals surface area (Å²) in [5.41, 5.74) is -2.79. The van der Waals surface area contributed by atoms with Crippen molar-refractivity contribution in [3.8, 4) is 0 Å². The second kappa shape index (κ2) is 13.8. The molecule has 1 saturated carbocycles. The molecule has 20 nitrogen and oxygen atoms in total. The zero-order valence-electron chi connectivity index (χ0n) is 28.3.